The Labute approximate surface area is 144 Å². The molecule has 1 atom stereocenters. The number of rotatable bonds is 8. The molecule has 1 amide bonds. The number of nitrogens with two attached hydrogens (primary N) is 1. The van der Waals surface area contributed by atoms with Crippen LogP contribution in [-0.4, -0.2) is 41.6 Å². The molecular weight excluding hydrogens is 312 g/mol. The van der Waals surface area contributed by atoms with Crippen molar-refractivity contribution in [1.82, 2.24) is 5.32 Å². The number of amides is 1. The van der Waals surface area contributed by atoms with Crippen molar-refractivity contribution in [1.29, 1.82) is 0 Å². The highest BCUT2D eigenvalue weighted by molar-refractivity contribution is 5.88. The van der Waals surface area contributed by atoms with Crippen molar-refractivity contribution in [3.63, 3.8) is 0 Å². The van der Waals surface area contributed by atoms with E-state index in [9.17, 15) is 14.4 Å². The first-order chi connectivity index (χ1) is 10.8. The summed E-state index contributed by atoms with van der Waals surface area (Å²) in [5.41, 5.74) is 4.16. The maximum atomic E-state index is 12.2. The van der Waals surface area contributed by atoms with Gasteiger partial charge in [0.15, 0.2) is 5.78 Å². The van der Waals surface area contributed by atoms with Crippen molar-refractivity contribution in [2.24, 2.45) is 5.73 Å². The summed E-state index contributed by atoms with van der Waals surface area (Å²) in [4.78, 5) is 35.9. The van der Waals surface area contributed by atoms with Crippen molar-refractivity contribution in [2.75, 3.05) is 6.54 Å². The van der Waals surface area contributed by atoms with Crippen molar-refractivity contribution in [3.05, 3.63) is 0 Å². The lowest BCUT2D eigenvalue weighted by Crippen LogP contribution is -2.44. The lowest BCUT2D eigenvalue weighted by atomic mass is 10.0. The number of nitrogens with one attached hydrogen (secondary N) is 1. The van der Waals surface area contributed by atoms with E-state index in [0.29, 0.717) is 13.0 Å². The number of carbonyl (C=O) groups is 3. The topological polar surface area (TPSA) is 108 Å². The molecule has 7 nitrogen and oxygen atoms in total. The zero-order chi connectivity index (χ0) is 19.0. The van der Waals surface area contributed by atoms with Crippen LogP contribution in [0.1, 0.15) is 67.2 Å². The minimum absolute atomic E-state index is 0.0338. The third-order valence-corrected chi connectivity index (χ3v) is 2.76. The Morgan fingerprint density at radius 3 is 1.96 bits per heavy atom. The Balaban J connectivity index is 4.72. The Hall–Kier alpha value is -1.63. The predicted octanol–water partition coefficient (Wildman–Crippen LogP) is 2.31. The average molecular weight is 344 g/mol. The Kier molecular flexibility index (Phi) is 8.96. The SMILES string of the molecule is CC(C)(C)OC(=O)CC[C@@H](NC(=O)OC(C)(C)C)C(=O)CCCN. The van der Waals surface area contributed by atoms with Gasteiger partial charge in [-0.05, 0) is 60.9 Å². The highest BCUT2D eigenvalue weighted by Crippen LogP contribution is 2.12. The van der Waals surface area contributed by atoms with Gasteiger partial charge in [0.25, 0.3) is 0 Å². The highest BCUT2D eigenvalue weighted by atomic mass is 16.6. The van der Waals surface area contributed by atoms with Crippen LogP contribution in [0.5, 0.6) is 0 Å². The van der Waals surface area contributed by atoms with Crippen LogP contribution in [0.3, 0.4) is 0 Å². The molecule has 140 valence electrons. The number of esters is 1. The van der Waals surface area contributed by atoms with Crippen LogP contribution in [0.4, 0.5) is 4.79 Å². The third-order valence-electron chi connectivity index (χ3n) is 2.76. The normalized spacial score (nSPS) is 13.1. The quantitative estimate of drug-likeness (QED) is 0.654. The molecule has 0 saturated heterocycles. The molecule has 0 spiro atoms. The molecule has 0 aromatic rings. The molecule has 0 unspecified atom stereocenters. The summed E-state index contributed by atoms with van der Waals surface area (Å²) in [6.07, 6.45) is 0.282. The fraction of sp³-hybridized carbons (Fsp3) is 0.824. The van der Waals surface area contributed by atoms with Crippen LogP contribution in [0, 0.1) is 0 Å². The first-order valence-corrected chi connectivity index (χ1v) is 8.28. The van der Waals surface area contributed by atoms with Gasteiger partial charge in [-0.15, -0.1) is 0 Å². The summed E-state index contributed by atoms with van der Waals surface area (Å²) in [5.74, 6) is -0.583. The fourth-order valence-electron chi connectivity index (χ4n) is 1.87. The summed E-state index contributed by atoms with van der Waals surface area (Å²) in [6, 6.07) is -0.793. The van der Waals surface area contributed by atoms with Crippen molar-refractivity contribution in [2.45, 2.75) is 84.5 Å². The van der Waals surface area contributed by atoms with Gasteiger partial charge in [0.2, 0.25) is 0 Å². The molecule has 0 heterocycles. The molecule has 0 aromatic heterocycles. The Morgan fingerprint density at radius 2 is 1.50 bits per heavy atom. The third kappa shape index (κ3) is 11.9. The molecule has 0 aliphatic rings. The van der Waals surface area contributed by atoms with E-state index < -0.39 is 29.3 Å². The summed E-state index contributed by atoms with van der Waals surface area (Å²) in [5, 5.41) is 2.54. The minimum Gasteiger partial charge on any atom is -0.460 e. The van der Waals surface area contributed by atoms with Crippen LogP contribution < -0.4 is 11.1 Å². The smallest absolute Gasteiger partial charge is 0.408 e. The van der Waals surface area contributed by atoms with Crippen LogP contribution in [-0.2, 0) is 19.1 Å². The van der Waals surface area contributed by atoms with Crippen LogP contribution >= 0.6 is 0 Å². The van der Waals surface area contributed by atoms with Gasteiger partial charge in [0, 0.05) is 12.8 Å². The minimum atomic E-state index is -0.793. The van der Waals surface area contributed by atoms with Crippen LogP contribution in [0.15, 0.2) is 0 Å². The van der Waals surface area contributed by atoms with E-state index in [4.69, 9.17) is 15.2 Å². The van der Waals surface area contributed by atoms with E-state index >= 15 is 0 Å². The molecular formula is C17H32N2O5. The largest absolute Gasteiger partial charge is 0.460 e. The maximum absolute atomic E-state index is 12.2. The molecule has 0 bridgehead atoms. The Morgan fingerprint density at radius 1 is 0.958 bits per heavy atom. The number of carbonyl (C=O) groups excluding carboxylic acids is 3. The first-order valence-electron chi connectivity index (χ1n) is 8.28. The van der Waals surface area contributed by atoms with Gasteiger partial charge < -0.3 is 20.5 Å². The van der Waals surface area contributed by atoms with Crippen molar-refractivity contribution < 1.29 is 23.9 Å². The van der Waals surface area contributed by atoms with Crippen LogP contribution in [0.2, 0.25) is 0 Å². The number of Topliss-reactive ketones (excluding diaryl/α,β-unsaturated/α-hetero) is 1. The average Bonchev–Trinajstić information content (AvgIpc) is 2.36. The molecule has 24 heavy (non-hydrogen) atoms. The van der Waals surface area contributed by atoms with Crippen molar-refractivity contribution in [3.8, 4) is 0 Å². The molecule has 0 saturated carbocycles. The zero-order valence-electron chi connectivity index (χ0n) is 15.7. The number of ether oxygens (including phenoxy) is 2. The highest BCUT2D eigenvalue weighted by Gasteiger charge is 2.25. The standard InChI is InChI=1S/C17H32N2O5/c1-16(2,3)23-14(21)10-9-12(13(20)8-7-11-18)19-15(22)24-17(4,5)6/h12H,7-11,18H2,1-6H3,(H,19,22)/t12-/m1/s1. The van der Waals surface area contributed by atoms with Gasteiger partial charge in [-0.3, -0.25) is 9.59 Å². The Bertz CT molecular complexity index is 435. The van der Waals surface area contributed by atoms with Gasteiger partial charge in [-0.1, -0.05) is 0 Å². The van der Waals surface area contributed by atoms with Gasteiger partial charge in [-0.2, -0.15) is 0 Å². The molecule has 0 aliphatic heterocycles. The lowest BCUT2D eigenvalue weighted by molar-refractivity contribution is -0.155. The van der Waals surface area contributed by atoms with Gasteiger partial charge >= 0.3 is 12.1 Å². The summed E-state index contributed by atoms with van der Waals surface area (Å²) < 4.78 is 10.4. The van der Waals surface area contributed by atoms with E-state index in [1.54, 1.807) is 41.5 Å². The molecule has 7 heteroatoms. The molecule has 0 radical (unpaired) electrons. The number of hydrogen-bond donors (Lipinski definition) is 2. The van der Waals surface area contributed by atoms with E-state index in [2.05, 4.69) is 5.32 Å². The zero-order valence-corrected chi connectivity index (χ0v) is 15.7. The van der Waals surface area contributed by atoms with E-state index in [1.807, 2.05) is 0 Å². The molecule has 0 fully saturated rings. The number of alkyl carbamates (subject to hydrolysis) is 1. The van der Waals surface area contributed by atoms with E-state index in [1.165, 1.54) is 0 Å². The number of ketones is 1. The molecule has 3 N–H and O–H groups in total. The van der Waals surface area contributed by atoms with Gasteiger partial charge in [0.1, 0.15) is 11.2 Å². The van der Waals surface area contributed by atoms with Gasteiger partial charge in [0.05, 0.1) is 6.04 Å². The lowest BCUT2D eigenvalue weighted by Gasteiger charge is -2.24. The molecule has 0 aromatic carbocycles. The van der Waals surface area contributed by atoms with Crippen molar-refractivity contribution >= 4 is 17.8 Å². The fourth-order valence-corrected chi connectivity index (χ4v) is 1.87. The van der Waals surface area contributed by atoms with E-state index in [-0.39, 0.29) is 25.0 Å². The predicted molar refractivity (Wildman–Crippen MR) is 91.5 cm³/mol. The first kappa shape index (κ1) is 22.4. The van der Waals surface area contributed by atoms with E-state index in [0.717, 1.165) is 0 Å². The second kappa shape index (κ2) is 9.61. The second-order valence-corrected chi connectivity index (χ2v) is 7.68. The van der Waals surface area contributed by atoms with Gasteiger partial charge in [-0.25, -0.2) is 4.79 Å². The summed E-state index contributed by atoms with van der Waals surface area (Å²) in [6.45, 7) is 10.9. The maximum Gasteiger partial charge on any atom is 0.408 e. The molecule has 0 aliphatic carbocycles. The molecule has 0 rings (SSSR count). The summed E-state index contributed by atoms with van der Waals surface area (Å²) in [7, 11) is 0. The summed E-state index contributed by atoms with van der Waals surface area (Å²) >= 11 is 0. The number of hydrogen-bond acceptors (Lipinski definition) is 6. The van der Waals surface area contributed by atoms with Crippen LogP contribution in [0.25, 0.3) is 0 Å². The second-order valence-electron chi connectivity index (χ2n) is 7.68. The monoisotopic (exact) mass is 344 g/mol.